The van der Waals surface area contributed by atoms with Crippen LogP contribution in [0.2, 0.25) is 0 Å². The Bertz CT molecular complexity index is 549. The Morgan fingerprint density at radius 1 is 1.44 bits per heavy atom. The first-order chi connectivity index (χ1) is 8.65. The Hall–Kier alpha value is -2.30. The van der Waals surface area contributed by atoms with Crippen molar-refractivity contribution in [1.82, 2.24) is 9.78 Å². The number of benzene rings is 1. The van der Waals surface area contributed by atoms with Gasteiger partial charge in [-0.05, 0) is 18.1 Å². The molecule has 1 heterocycles. The summed E-state index contributed by atoms with van der Waals surface area (Å²) < 4.78 is 6.64. The third kappa shape index (κ3) is 3.10. The zero-order valence-electron chi connectivity index (χ0n) is 10.2. The quantitative estimate of drug-likeness (QED) is 0.829. The van der Waals surface area contributed by atoms with Crippen LogP contribution in [0.3, 0.4) is 0 Å². The van der Waals surface area contributed by atoms with E-state index in [1.165, 1.54) is 10.9 Å². The summed E-state index contributed by atoms with van der Waals surface area (Å²) in [6.07, 6.45) is 3.09. The van der Waals surface area contributed by atoms with Crippen LogP contribution in [0.25, 0.3) is 0 Å². The monoisotopic (exact) mass is 245 g/mol. The van der Waals surface area contributed by atoms with Crippen molar-refractivity contribution in [3.05, 3.63) is 47.8 Å². The van der Waals surface area contributed by atoms with E-state index < -0.39 is 0 Å². The van der Waals surface area contributed by atoms with Crippen molar-refractivity contribution in [2.45, 2.75) is 20.1 Å². The number of nitrogens with zero attached hydrogens (tertiary/aromatic N) is 2. The van der Waals surface area contributed by atoms with Crippen LogP contribution in [0.5, 0.6) is 0 Å². The third-order valence-electron chi connectivity index (χ3n) is 2.59. The molecule has 2 N–H and O–H groups in total. The first-order valence-electron chi connectivity index (χ1n) is 5.63. The molecule has 0 aliphatic carbocycles. The Kier molecular flexibility index (Phi) is 3.62. The largest absolute Gasteiger partial charge is 0.459 e. The summed E-state index contributed by atoms with van der Waals surface area (Å²) in [5.41, 5.74) is 8.14. The second-order valence-corrected chi connectivity index (χ2v) is 4.06. The van der Waals surface area contributed by atoms with Gasteiger partial charge in [-0.2, -0.15) is 5.10 Å². The lowest BCUT2D eigenvalue weighted by Gasteiger charge is -2.07. The number of carbonyl (C=O) groups is 1. The van der Waals surface area contributed by atoms with Crippen LogP contribution in [-0.2, 0) is 22.7 Å². The van der Waals surface area contributed by atoms with Crippen LogP contribution in [-0.4, -0.2) is 15.7 Å². The zero-order valence-corrected chi connectivity index (χ0v) is 10.2. The van der Waals surface area contributed by atoms with Gasteiger partial charge in [-0.25, -0.2) is 0 Å². The van der Waals surface area contributed by atoms with E-state index in [0.29, 0.717) is 5.69 Å². The molecule has 0 unspecified atom stereocenters. The smallest absolute Gasteiger partial charge is 0.328 e. The van der Waals surface area contributed by atoms with Gasteiger partial charge in [0.15, 0.2) is 0 Å². The number of carbonyl (C=O) groups excluding carboxylic acids is 1. The van der Waals surface area contributed by atoms with Gasteiger partial charge >= 0.3 is 5.97 Å². The summed E-state index contributed by atoms with van der Waals surface area (Å²) in [6.45, 7) is 2.34. The highest BCUT2D eigenvalue weighted by atomic mass is 16.5. The van der Waals surface area contributed by atoms with Crippen molar-refractivity contribution in [2.75, 3.05) is 5.73 Å². The molecule has 5 heteroatoms. The molecule has 0 aliphatic heterocycles. The molecular formula is C13H15N3O2. The molecular weight excluding hydrogens is 230 g/mol. The number of rotatable bonds is 4. The van der Waals surface area contributed by atoms with Gasteiger partial charge in [-0.1, -0.05) is 24.3 Å². The Morgan fingerprint density at radius 3 is 2.89 bits per heavy atom. The molecule has 1 aromatic carbocycles. The van der Waals surface area contributed by atoms with Gasteiger partial charge in [0, 0.05) is 6.20 Å². The molecule has 2 aromatic rings. The van der Waals surface area contributed by atoms with Crippen molar-refractivity contribution in [2.24, 2.45) is 0 Å². The molecule has 0 amide bonds. The molecule has 0 atom stereocenters. The van der Waals surface area contributed by atoms with Gasteiger partial charge in [0.05, 0.1) is 11.9 Å². The maximum atomic E-state index is 11.6. The molecule has 0 saturated carbocycles. The molecule has 94 valence electrons. The van der Waals surface area contributed by atoms with Crippen LogP contribution < -0.4 is 5.73 Å². The second-order valence-electron chi connectivity index (χ2n) is 4.06. The number of nitrogens with two attached hydrogens (primary N) is 1. The summed E-state index contributed by atoms with van der Waals surface area (Å²) in [6, 6.07) is 7.80. The van der Waals surface area contributed by atoms with Crippen molar-refractivity contribution in [1.29, 1.82) is 0 Å². The van der Waals surface area contributed by atoms with E-state index in [0.717, 1.165) is 11.1 Å². The molecule has 18 heavy (non-hydrogen) atoms. The normalized spacial score (nSPS) is 10.3. The Balaban J connectivity index is 1.87. The fourth-order valence-corrected chi connectivity index (χ4v) is 1.57. The highest BCUT2D eigenvalue weighted by Gasteiger charge is 2.06. The average molecular weight is 245 g/mol. The van der Waals surface area contributed by atoms with Crippen LogP contribution in [0.15, 0.2) is 36.7 Å². The molecule has 1 aromatic heterocycles. The summed E-state index contributed by atoms with van der Waals surface area (Å²) in [5.74, 6) is -0.332. The highest BCUT2D eigenvalue weighted by molar-refractivity contribution is 5.69. The number of aryl methyl sites for hydroxylation is 1. The minimum Gasteiger partial charge on any atom is -0.459 e. The van der Waals surface area contributed by atoms with E-state index in [1.54, 1.807) is 6.20 Å². The average Bonchev–Trinajstić information content (AvgIpc) is 2.74. The van der Waals surface area contributed by atoms with Gasteiger partial charge in [0.25, 0.3) is 0 Å². The number of anilines is 1. The van der Waals surface area contributed by atoms with E-state index >= 15 is 0 Å². The zero-order chi connectivity index (χ0) is 13.0. The van der Waals surface area contributed by atoms with Crippen molar-refractivity contribution in [3.63, 3.8) is 0 Å². The SMILES string of the molecule is Cc1ccccc1COC(=O)Cn1cc(N)cn1. The third-order valence-corrected chi connectivity index (χ3v) is 2.59. The Morgan fingerprint density at radius 2 is 2.22 bits per heavy atom. The number of hydrogen-bond acceptors (Lipinski definition) is 4. The van der Waals surface area contributed by atoms with Crippen molar-refractivity contribution < 1.29 is 9.53 Å². The topological polar surface area (TPSA) is 70.1 Å². The minimum atomic E-state index is -0.332. The van der Waals surface area contributed by atoms with Crippen LogP contribution in [0.1, 0.15) is 11.1 Å². The predicted molar refractivity (Wildman–Crippen MR) is 67.6 cm³/mol. The lowest BCUT2D eigenvalue weighted by molar-refractivity contribution is -0.145. The number of ether oxygens (including phenoxy) is 1. The first-order valence-corrected chi connectivity index (χ1v) is 5.63. The van der Waals surface area contributed by atoms with Gasteiger partial charge < -0.3 is 10.5 Å². The number of hydrogen-bond donors (Lipinski definition) is 1. The van der Waals surface area contributed by atoms with Gasteiger partial charge in [-0.15, -0.1) is 0 Å². The fraction of sp³-hybridized carbons (Fsp3) is 0.231. The van der Waals surface area contributed by atoms with Gasteiger partial charge in [-0.3, -0.25) is 9.48 Å². The molecule has 2 rings (SSSR count). The van der Waals surface area contributed by atoms with E-state index in [4.69, 9.17) is 10.5 Å². The summed E-state index contributed by atoms with van der Waals surface area (Å²) in [5, 5.41) is 3.92. The molecule has 5 nitrogen and oxygen atoms in total. The van der Waals surface area contributed by atoms with Gasteiger partial charge in [0.1, 0.15) is 13.2 Å². The lowest BCUT2D eigenvalue weighted by atomic mass is 10.1. The first kappa shape index (κ1) is 12.2. The predicted octanol–water partition coefficient (Wildman–Crippen LogP) is 1.52. The lowest BCUT2D eigenvalue weighted by Crippen LogP contribution is -2.14. The highest BCUT2D eigenvalue weighted by Crippen LogP contribution is 2.08. The summed E-state index contributed by atoms with van der Waals surface area (Å²) in [4.78, 5) is 11.6. The number of aromatic nitrogens is 2. The molecule has 0 spiro atoms. The van der Waals surface area contributed by atoms with Crippen LogP contribution >= 0.6 is 0 Å². The maximum absolute atomic E-state index is 11.6. The van der Waals surface area contributed by atoms with Gasteiger partial charge in [0.2, 0.25) is 0 Å². The van der Waals surface area contributed by atoms with E-state index in [-0.39, 0.29) is 19.1 Å². The molecule has 0 radical (unpaired) electrons. The van der Waals surface area contributed by atoms with E-state index in [1.807, 2.05) is 31.2 Å². The minimum absolute atomic E-state index is 0.0725. The molecule has 0 saturated heterocycles. The van der Waals surface area contributed by atoms with Crippen molar-refractivity contribution >= 4 is 11.7 Å². The number of nitrogen functional groups attached to an aromatic ring is 1. The van der Waals surface area contributed by atoms with Crippen molar-refractivity contribution in [3.8, 4) is 0 Å². The fourth-order valence-electron chi connectivity index (χ4n) is 1.57. The number of esters is 1. The summed E-state index contributed by atoms with van der Waals surface area (Å²) in [7, 11) is 0. The van der Waals surface area contributed by atoms with E-state index in [2.05, 4.69) is 5.10 Å². The Labute approximate surface area is 105 Å². The van der Waals surface area contributed by atoms with Crippen LogP contribution in [0, 0.1) is 6.92 Å². The summed E-state index contributed by atoms with van der Waals surface area (Å²) >= 11 is 0. The standard InChI is InChI=1S/C13H15N3O2/c1-10-4-2-3-5-11(10)9-18-13(17)8-16-7-12(14)6-15-16/h2-7H,8-9,14H2,1H3. The molecule has 0 bridgehead atoms. The molecule has 0 fully saturated rings. The molecule has 0 aliphatic rings. The van der Waals surface area contributed by atoms with Crippen LogP contribution in [0.4, 0.5) is 5.69 Å². The maximum Gasteiger partial charge on any atom is 0.328 e. The van der Waals surface area contributed by atoms with E-state index in [9.17, 15) is 4.79 Å². The second kappa shape index (κ2) is 5.35.